The van der Waals surface area contributed by atoms with Crippen LogP contribution in [0, 0.1) is 13.8 Å². The van der Waals surface area contributed by atoms with E-state index < -0.39 is 0 Å². The molecule has 0 N–H and O–H groups in total. The first kappa shape index (κ1) is 13.4. The minimum absolute atomic E-state index is 0. The predicted molar refractivity (Wildman–Crippen MR) is 43.9 cm³/mol. The van der Waals surface area contributed by atoms with Gasteiger partial charge in [0.1, 0.15) is 0 Å². The van der Waals surface area contributed by atoms with E-state index in [9.17, 15) is 5.26 Å². The van der Waals surface area contributed by atoms with Gasteiger partial charge in [-0.2, -0.15) is 4.33 Å². The fraction of sp³-hybridized carbons (Fsp3) is 0.250. The molecule has 0 saturated carbocycles. The zero-order chi connectivity index (χ0) is 8.97. The zero-order valence-electron chi connectivity index (χ0n) is 7.87. The van der Waals surface area contributed by atoms with Crippen LogP contribution >= 0.6 is 12.0 Å². The Kier molecular flexibility index (Phi) is 7.07. The molecule has 0 amide bonds. The molecule has 66 valence electrons. The molecule has 0 aliphatic heterocycles. The summed E-state index contributed by atoms with van der Waals surface area (Å²) in [5.41, 5.74) is 2.37. The molecule has 1 rings (SSSR count). The van der Waals surface area contributed by atoms with Gasteiger partial charge < -0.3 is 5.26 Å². The minimum Gasteiger partial charge on any atom is -0.691 e. The average molecular weight is 208 g/mol. The van der Waals surface area contributed by atoms with E-state index in [1.807, 2.05) is 32.0 Å². The number of hydrogen-bond donors (Lipinski definition) is 0. The molecule has 0 aliphatic carbocycles. The van der Waals surface area contributed by atoms with Crippen LogP contribution < -0.4 is 34.8 Å². The largest absolute Gasteiger partial charge is 1.00 e. The van der Waals surface area contributed by atoms with E-state index in [1.165, 1.54) is 5.56 Å². The summed E-state index contributed by atoms with van der Waals surface area (Å²) in [5, 5.41) is 12.7. The van der Waals surface area contributed by atoms with Crippen LogP contribution in [0.25, 0.3) is 0 Å². The molecule has 0 unspecified atom stereocenters. The second kappa shape index (κ2) is 6.84. The predicted octanol–water partition coefficient (Wildman–Crippen LogP) is -1.46. The molecule has 5 heteroatoms. The monoisotopic (exact) mass is 208 g/mol. The molecular weight excluding hydrogens is 199 g/mol. The summed E-state index contributed by atoms with van der Waals surface area (Å²) < 4.78 is 4.18. The summed E-state index contributed by atoms with van der Waals surface area (Å²) >= 11 is 0.909. The maximum Gasteiger partial charge on any atom is 1.00 e. The van der Waals surface area contributed by atoms with Crippen LogP contribution in [0.4, 0.5) is 0 Å². The first-order chi connectivity index (χ1) is 5.74. The molecule has 0 heterocycles. The molecule has 13 heavy (non-hydrogen) atoms. The smallest absolute Gasteiger partial charge is 0.691 e. The van der Waals surface area contributed by atoms with Crippen molar-refractivity contribution in [3.8, 4) is 0 Å². The van der Waals surface area contributed by atoms with E-state index >= 15 is 0 Å². The summed E-state index contributed by atoms with van der Waals surface area (Å²) in [7, 11) is 0. The van der Waals surface area contributed by atoms with Crippen molar-refractivity contribution in [1.29, 1.82) is 0 Å². The van der Waals surface area contributed by atoms with Gasteiger partial charge in [-0.3, -0.25) is 5.04 Å². The zero-order valence-corrected chi connectivity index (χ0v) is 10.7. The molecule has 1 aromatic carbocycles. The van der Waals surface area contributed by atoms with Crippen LogP contribution in [0.2, 0.25) is 0 Å². The molecular formula is C8H9NaO3S. The minimum atomic E-state index is 0. The van der Waals surface area contributed by atoms with Crippen molar-refractivity contribution < 1.29 is 44.2 Å². The van der Waals surface area contributed by atoms with Gasteiger partial charge in [0.2, 0.25) is 0 Å². The number of hydrogen-bond acceptors (Lipinski definition) is 4. The van der Waals surface area contributed by atoms with E-state index in [2.05, 4.69) is 9.37 Å². The van der Waals surface area contributed by atoms with Crippen LogP contribution in [0.3, 0.4) is 0 Å². The van der Waals surface area contributed by atoms with Gasteiger partial charge in [0.05, 0.1) is 12.0 Å². The molecule has 1 aromatic rings. The Hall–Kier alpha value is 0.450. The Morgan fingerprint density at radius 3 is 2.46 bits per heavy atom. The first-order valence-electron chi connectivity index (χ1n) is 3.44. The molecule has 0 atom stereocenters. The first-order valence-corrected chi connectivity index (χ1v) is 4.18. The van der Waals surface area contributed by atoms with Crippen molar-refractivity contribution in [2.24, 2.45) is 0 Å². The van der Waals surface area contributed by atoms with Crippen LogP contribution in [0.15, 0.2) is 23.1 Å². The number of rotatable bonds is 3. The molecule has 0 aliphatic rings. The van der Waals surface area contributed by atoms with Crippen LogP contribution in [0.1, 0.15) is 11.1 Å². The molecule has 0 aromatic heterocycles. The van der Waals surface area contributed by atoms with E-state index in [0.29, 0.717) is 0 Å². The maximum absolute atomic E-state index is 9.51. The van der Waals surface area contributed by atoms with Crippen molar-refractivity contribution in [2.45, 2.75) is 18.7 Å². The third-order valence-corrected chi connectivity index (χ3v) is 2.21. The third kappa shape index (κ3) is 4.46. The van der Waals surface area contributed by atoms with Gasteiger partial charge in [-0.25, -0.2) is 0 Å². The molecule has 0 saturated heterocycles. The molecule has 0 bridgehead atoms. The van der Waals surface area contributed by atoms with E-state index in [1.54, 1.807) is 0 Å². The summed E-state index contributed by atoms with van der Waals surface area (Å²) in [4.78, 5) is 0.856. The van der Waals surface area contributed by atoms with Gasteiger partial charge in [0, 0.05) is 4.90 Å². The number of aryl methyl sites for hydroxylation is 2. The second-order valence-electron chi connectivity index (χ2n) is 2.47. The maximum atomic E-state index is 9.51. The summed E-state index contributed by atoms with van der Waals surface area (Å²) in [6.07, 6.45) is 0. The summed E-state index contributed by atoms with van der Waals surface area (Å²) in [5.74, 6) is 0. The fourth-order valence-corrected chi connectivity index (χ4v) is 1.27. The van der Waals surface area contributed by atoms with Gasteiger partial charge in [-0.05, 0) is 37.1 Å². The van der Waals surface area contributed by atoms with Gasteiger partial charge in [0.25, 0.3) is 0 Å². The van der Waals surface area contributed by atoms with E-state index in [-0.39, 0.29) is 29.6 Å². The Bertz CT molecular complexity index is 268. The van der Waals surface area contributed by atoms with Crippen molar-refractivity contribution in [3.05, 3.63) is 29.3 Å². The van der Waals surface area contributed by atoms with Gasteiger partial charge in [0.15, 0.2) is 0 Å². The van der Waals surface area contributed by atoms with Crippen molar-refractivity contribution in [1.82, 2.24) is 0 Å². The van der Waals surface area contributed by atoms with Gasteiger partial charge in [-0.15, -0.1) is 0 Å². The second-order valence-corrected chi connectivity index (χ2v) is 3.24. The van der Waals surface area contributed by atoms with Crippen LogP contribution in [0.5, 0.6) is 0 Å². The molecule has 0 fully saturated rings. The van der Waals surface area contributed by atoms with Crippen molar-refractivity contribution in [3.63, 3.8) is 0 Å². The van der Waals surface area contributed by atoms with Crippen molar-refractivity contribution in [2.75, 3.05) is 0 Å². The third-order valence-electron chi connectivity index (χ3n) is 1.64. The molecule has 0 radical (unpaired) electrons. The normalized spacial score (nSPS) is 9.46. The summed E-state index contributed by atoms with van der Waals surface area (Å²) in [6, 6.07) is 5.76. The topological polar surface area (TPSA) is 41.5 Å². The molecule has 0 spiro atoms. The average Bonchev–Trinajstić information content (AvgIpc) is 2.07. The quantitative estimate of drug-likeness (QED) is 0.263. The Morgan fingerprint density at radius 1 is 1.23 bits per heavy atom. The van der Waals surface area contributed by atoms with E-state index in [4.69, 9.17) is 0 Å². The van der Waals surface area contributed by atoms with Gasteiger partial charge in [-0.1, -0.05) is 6.07 Å². The standard InChI is InChI=1S/C8H10O3S.Na/c1-6-3-4-8(5-7(6)2)12-11-10-9;/h3-5,9H,1-2H3;/q;+1/p-1. The van der Waals surface area contributed by atoms with E-state index in [0.717, 1.165) is 22.5 Å². The Morgan fingerprint density at radius 2 is 1.92 bits per heavy atom. The van der Waals surface area contributed by atoms with Crippen LogP contribution in [-0.2, 0) is 9.37 Å². The fourth-order valence-electron chi connectivity index (χ4n) is 0.819. The summed E-state index contributed by atoms with van der Waals surface area (Å²) in [6.45, 7) is 4.02. The Balaban J connectivity index is 0.00000144. The SMILES string of the molecule is Cc1ccc(SOO[O-])cc1C.[Na+]. The van der Waals surface area contributed by atoms with Crippen molar-refractivity contribution >= 4 is 12.0 Å². The van der Waals surface area contributed by atoms with Gasteiger partial charge >= 0.3 is 29.6 Å². The molecule has 3 nitrogen and oxygen atoms in total. The number of benzene rings is 1. The van der Waals surface area contributed by atoms with Crippen LogP contribution in [-0.4, -0.2) is 0 Å². The Labute approximate surface area is 104 Å².